The number of ether oxygens (including phenoxy) is 5. The molecule has 0 radical (unpaired) electrons. The van der Waals surface area contributed by atoms with Crippen LogP contribution in [0.3, 0.4) is 0 Å². The third-order valence-corrected chi connectivity index (χ3v) is 17.2. The fourth-order valence-electron chi connectivity index (χ4n) is 5.96. The summed E-state index contributed by atoms with van der Waals surface area (Å²) in [6.45, 7) is 4.40. The number of aryl methyl sites for hydroxylation is 1. The van der Waals surface area contributed by atoms with Crippen LogP contribution < -0.4 is 36.6 Å². The molecule has 372 valence electrons. The van der Waals surface area contributed by atoms with Crippen molar-refractivity contribution in [2.75, 3.05) is 21.3 Å². The molecule has 0 saturated carbocycles. The summed E-state index contributed by atoms with van der Waals surface area (Å²) in [5.41, 5.74) is 1.46. The largest absolute Gasteiger partial charge is 0.465 e. The average Bonchev–Trinajstić information content (AvgIpc) is 3.35. The van der Waals surface area contributed by atoms with Gasteiger partial charge in [0.05, 0.1) is 38.0 Å². The predicted octanol–water partition coefficient (Wildman–Crippen LogP) is 11.2. The molecule has 0 saturated heterocycles. The fourth-order valence-corrected chi connectivity index (χ4v) is 15.0. The van der Waals surface area contributed by atoms with Crippen molar-refractivity contribution in [1.82, 2.24) is 0 Å². The number of esters is 5. The third-order valence-electron chi connectivity index (χ3n) is 9.04. The maximum atomic E-state index is 12.5. The van der Waals surface area contributed by atoms with Crippen LogP contribution >= 0.6 is 23.0 Å². The molecule has 7 rings (SSSR count). The van der Waals surface area contributed by atoms with E-state index in [0.717, 1.165) is 5.56 Å². The van der Waals surface area contributed by atoms with Crippen molar-refractivity contribution in [3.05, 3.63) is 168 Å². The normalized spacial score (nSPS) is 16.0. The van der Waals surface area contributed by atoms with Crippen LogP contribution in [-0.2, 0) is 33.4 Å². The van der Waals surface area contributed by atoms with Crippen molar-refractivity contribution >= 4 is 59.0 Å². The van der Waals surface area contributed by atoms with Gasteiger partial charge in [-0.05, 0) is 140 Å². The summed E-state index contributed by atoms with van der Waals surface area (Å²) >= 11 is 0. The third kappa shape index (κ3) is 14.3. The number of hydrogen-bond donors (Lipinski definition) is 0. The SMILES string of the molecule is COC(=O)c1ccc(OP2(Oc3ccc(OC(C)=O)cc3)=NP(Oc3ccc(C)cc3)(Oc3ccc(OC(C)=O)cc3)=NP(Oc3ccc(C(=O)OC)cc3)(Oc3ccc(C(=O)OC)cc3)=N2)cc1.O=C=O. The Bertz CT molecular complexity index is 3080. The molecular formula is C48H42N3O18P3. The molecular weight excluding hydrogens is 999 g/mol. The molecule has 2 unspecified atom stereocenters. The van der Waals surface area contributed by atoms with Gasteiger partial charge in [0.2, 0.25) is 0 Å². The van der Waals surface area contributed by atoms with Gasteiger partial charge < -0.3 is 50.8 Å². The van der Waals surface area contributed by atoms with Crippen molar-refractivity contribution in [1.29, 1.82) is 0 Å². The first-order valence-electron chi connectivity index (χ1n) is 20.8. The van der Waals surface area contributed by atoms with Crippen LogP contribution in [0.5, 0.6) is 46.0 Å². The van der Waals surface area contributed by atoms with E-state index in [2.05, 4.69) is 0 Å². The first-order valence-corrected chi connectivity index (χ1v) is 25.4. The fraction of sp³-hybridized carbons (Fsp3) is 0.125. The van der Waals surface area contributed by atoms with E-state index in [9.17, 15) is 24.0 Å². The van der Waals surface area contributed by atoms with Crippen molar-refractivity contribution in [2.24, 2.45) is 13.5 Å². The van der Waals surface area contributed by atoms with E-state index in [1.165, 1.54) is 157 Å². The maximum Gasteiger partial charge on any atom is 0.460 e. The summed E-state index contributed by atoms with van der Waals surface area (Å²) in [5.74, 6) is -1.95. The number of carbonyl (C=O) groups excluding carboxylic acids is 7. The molecule has 6 aromatic rings. The Morgan fingerprint density at radius 1 is 0.361 bits per heavy atom. The molecule has 0 fully saturated rings. The summed E-state index contributed by atoms with van der Waals surface area (Å²) in [6, 6.07) is 36.3. The maximum absolute atomic E-state index is 12.5. The van der Waals surface area contributed by atoms with E-state index < -0.39 is 52.8 Å². The van der Waals surface area contributed by atoms with Crippen molar-refractivity contribution in [2.45, 2.75) is 20.8 Å². The van der Waals surface area contributed by atoms with E-state index in [1.807, 2.05) is 6.92 Å². The summed E-state index contributed by atoms with van der Waals surface area (Å²) in [4.78, 5) is 77.6. The number of carbonyl (C=O) groups is 5. The lowest BCUT2D eigenvalue weighted by Crippen LogP contribution is -2.11. The monoisotopic (exact) mass is 1040 g/mol. The summed E-state index contributed by atoms with van der Waals surface area (Å²) in [5, 5.41) is 0. The van der Waals surface area contributed by atoms with Crippen LogP contribution in [0.4, 0.5) is 0 Å². The zero-order valence-electron chi connectivity index (χ0n) is 38.9. The number of rotatable bonds is 17. The molecule has 0 amide bonds. The smallest absolute Gasteiger partial charge is 0.460 e. The van der Waals surface area contributed by atoms with E-state index in [-0.39, 0.29) is 68.8 Å². The van der Waals surface area contributed by atoms with Gasteiger partial charge in [0, 0.05) is 13.8 Å². The second kappa shape index (κ2) is 23.9. The number of nitrogens with zero attached hydrogens (tertiary/aromatic N) is 3. The Labute approximate surface area is 411 Å². The van der Waals surface area contributed by atoms with Crippen molar-refractivity contribution < 1.29 is 84.4 Å². The lowest BCUT2D eigenvalue weighted by Gasteiger charge is -2.33. The lowest BCUT2D eigenvalue weighted by atomic mass is 10.2. The van der Waals surface area contributed by atoms with Gasteiger partial charge in [0.1, 0.15) is 46.0 Å². The highest BCUT2D eigenvalue weighted by Crippen LogP contribution is 2.78. The zero-order chi connectivity index (χ0) is 51.9. The Morgan fingerprint density at radius 2 is 0.556 bits per heavy atom. The highest BCUT2D eigenvalue weighted by molar-refractivity contribution is 7.79. The molecule has 0 N–H and O–H groups in total. The topological polar surface area (TPSA) is 258 Å². The minimum absolute atomic E-state index is 0.0713. The van der Waals surface area contributed by atoms with Gasteiger partial charge in [-0.1, -0.05) is 31.2 Å². The Kier molecular flexibility index (Phi) is 17.6. The van der Waals surface area contributed by atoms with Gasteiger partial charge in [-0.25, -0.2) is 14.4 Å². The van der Waals surface area contributed by atoms with Gasteiger partial charge in [-0.2, -0.15) is 9.59 Å². The molecule has 2 atom stereocenters. The minimum atomic E-state index is -4.50. The van der Waals surface area contributed by atoms with Crippen molar-refractivity contribution in [3.8, 4) is 46.0 Å². The number of methoxy groups -OCH3 is 3. The van der Waals surface area contributed by atoms with Gasteiger partial charge >= 0.3 is 59.0 Å². The number of hydrogen-bond acceptors (Lipinski definition) is 21. The van der Waals surface area contributed by atoms with Crippen molar-refractivity contribution in [3.63, 3.8) is 0 Å². The van der Waals surface area contributed by atoms with Crippen LogP contribution in [0.25, 0.3) is 0 Å². The molecule has 1 heterocycles. The molecule has 1 aliphatic rings. The highest BCUT2D eigenvalue weighted by Gasteiger charge is 2.49. The zero-order valence-corrected chi connectivity index (χ0v) is 41.6. The summed E-state index contributed by atoms with van der Waals surface area (Å²) in [6.07, 6.45) is 0.250. The Morgan fingerprint density at radius 3 is 0.764 bits per heavy atom. The summed E-state index contributed by atoms with van der Waals surface area (Å²) < 4.78 is 81.5. The predicted molar refractivity (Wildman–Crippen MR) is 257 cm³/mol. The first-order chi connectivity index (χ1) is 34.5. The highest BCUT2D eigenvalue weighted by atomic mass is 31.3. The molecule has 0 aliphatic carbocycles. The molecule has 0 bridgehead atoms. The van der Waals surface area contributed by atoms with Crippen LogP contribution in [0.1, 0.15) is 50.5 Å². The van der Waals surface area contributed by atoms with Gasteiger partial charge in [-0.15, -0.1) is 0 Å². The lowest BCUT2D eigenvalue weighted by molar-refractivity contribution is -0.191. The molecule has 24 heteroatoms. The molecule has 21 nitrogen and oxygen atoms in total. The van der Waals surface area contributed by atoms with E-state index in [0.29, 0.717) is 0 Å². The number of benzene rings is 6. The van der Waals surface area contributed by atoms with Crippen LogP contribution in [-0.4, -0.2) is 57.3 Å². The van der Waals surface area contributed by atoms with E-state index in [4.69, 9.17) is 74.0 Å². The minimum Gasteiger partial charge on any atom is -0.465 e. The Balaban J connectivity index is 0.00000275. The van der Waals surface area contributed by atoms with Crippen LogP contribution in [0, 0.1) is 6.92 Å². The average molecular weight is 1040 g/mol. The van der Waals surface area contributed by atoms with Gasteiger partial charge in [-0.3, -0.25) is 9.59 Å². The standard InChI is InChI=1S/C47H42N3O16P3.CO2/c1-31-7-15-39(16-8-31)61-67(65-43-27-23-37(24-28-43)59-32(2)51)48-68(62-40-17-9-34(10-18-40)45(53)56-4,63-41-19-11-35(12-20-41)46(54)57-5)50-69(49-67,64-42-21-13-36(14-22-42)47(55)58-6)66-44-29-25-38(26-30-44)60-33(3)52;2-1-3/h7-30H,1-6H3;. The van der Waals surface area contributed by atoms with Gasteiger partial charge in [0.15, 0.2) is 0 Å². The second-order valence-corrected chi connectivity index (χ2v) is 20.5. The second-order valence-electron chi connectivity index (χ2n) is 14.4. The molecule has 6 aromatic carbocycles. The molecule has 72 heavy (non-hydrogen) atoms. The van der Waals surface area contributed by atoms with Crippen LogP contribution in [0.2, 0.25) is 0 Å². The molecule has 0 aromatic heterocycles. The van der Waals surface area contributed by atoms with Gasteiger partial charge in [0.25, 0.3) is 0 Å². The van der Waals surface area contributed by atoms with Crippen LogP contribution in [0.15, 0.2) is 159 Å². The summed E-state index contributed by atoms with van der Waals surface area (Å²) in [7, 11) is -9.72. The van der Waals surface area contributed by atoms with E-state index in [1.54, 1.807) is 24.3 Å². The first kappa shape index (κ1) is 52.9. The quantitative estimate of drug-likeness (QED) is 0.0356. The van der Waals surface area contributed by atoms with E-state index >= 15 is 0 Å². The molecule has 1 aliphatic heterocycles. The Hall–Kier alpha value is -8.46. The molecule has 0 spiro atoms.